The maximum atomic E-state index is 12.8. The summed E-state index contributed by atoms with van der Waals surface area (Å²) in [6.45, 7) is 0.470. The first-order valence-electron chi connectivity index (χ1n) is 9.16. The molecule has 1 aliphatic heterocycles. The summed E-state index contributed by atoms with van der Waals surface area (Å²) >= 11 is 7.36. The average molecular weight is 432 g/mol. The van der Waals surface area contributed by atoms with Gasteiger partial charge in [0, 0.05) is 25.0 Å². The Bertz CT molecular complexity index is 918. The first-order chi connectivity index (χ1) is 14.0. The fraction of sp³-hybridized carbons (Fsp3) is 0.286. The van der Waals surface area contributed by atoms with Gasteiger partial charge in [0.2, 0.25) is 11.8 Å². The van der Waals surface area contributed by atoms with Crippen LogP contribution in [0.1, 0.15) is 12.0 Å². The van der Waals surface area contributed by atoms with Crippen LogP contribution in [0, 0.1) is 0 Å². The second-order valence-corrected chi connectivity index (χ2v) is 8.05. The average Bonchev–Trinajstić information content (AvgIpc) is 2.72. The second kappa shape index (κ2) is 9.80. The summed E-state index contributed by atoms with van der Waals surface area (Å²) in [7, 11) is 3.19. The maximum absolute atomic E-state index is 12.8. The lowest BCUT2D eigenvalue weighted by atomic mass is 10.1. The van der Waals surface area contributed by atoms with E-state index in [1.807, 2.05) is 30.3 Å². The van der Waals surface area contributed by atoms with Crippen molar-refractivity contribution in [3.8, 4) is 5.75 Å². The normalized spacial score (nSPS) is 18.0. The molecular formula is C21H22ClN3O3S. The Morgan fingerprint density at radius 1 is 1.31 bits per heavy atom. The monoisotopic (exact) mass is 431 g/mol. The van der Waals surface area contributed by atoms with Crippen LogP contribution in [0.5, 0.6) is 5.75 Å². The molecule has 1 heterocycles. The molecule has 0 aromatic heterocycles. The van der Waals surface area contributed by atoms with E-state index >= 15 is 0 Å². The van der Waals surface area contributed by atoms with Gasteiger partial charge in [-0.05, 0) is 42.3 Å². The predicted octanol–water partition coefficient (Wildman–Crippen LogP) is 3.66. The van der Waals surface area contributed by atoms with Crippen molar-refractivity contribution in [3.05, 3.63) is 59.1 Å². The van der Waals surface area contributed by atoms with Gasteiger partial charge < -0.3 is 10.1 Å². The highest BCUT2D eigenvalue weighted by atomic mass is 35.5. The number of benzene rings is 2. The van der Waals surface area contributed by atoms with Gasteiger partial charge in [0.15, 0.2) is 5.17 Å². The summed E-state index contributed by atoms with van der Waals surface area (Å²) < 4.78 is 5.18. The minimum atomic E-state index is -0.498. The SMILES string of the molecule is CNC(=O)[C@H]1CC(=O)N(CCc2ccc(OC)cc2)C(=Nc2cccc(Cl)c2)S1. The van der Waals surface area contributed by atoms with Crippen molar-refractivity contribution in [2.45, 2.75) is 18.1 Å². The number of amidine groups is 1. The number of nitrogens with zero attached hydrogens (tertiary/aromatic N) is 2. The number of rotatable bonds is 6. The molecular weight excluding hydrogens is 410 g/mol. The first kappa shape index (κ1) is 21.2. The number of hydrogen-bond acceptors (Lipinski definition) is 5. The van der Waals surface area contributed by atoms with Gasteiger partial charge in [0.05, 0.1) is 18.0 Å². The molecule has 2 aromatic rings. The molecule has 0 aliphatic carbocycles. The van der Waals surface area contributed by atoms with Gasteiger partial charge >= 0.3 is 0 Å². The molecule has 1 fully saturated rings. The first-order valence-corrected chi connectivity index (χ1v) is 10.4. The van der Waals surface area contributed by atoms with Gasteiger partial charge in [-0.25, -0.2) is 4.99 Å². The number of aliphatic imine (C=N–C) groups is 1. The van der Waals surface area contributed by atoms with E-state index in [1.54, 1.807) is 37.3 Å². The number of hydrogen-bond donors (Lipinski definition) is 1. The van der Waals surface area contributed by atoms with Crippen LogP contribution in [0.15, 0.2) is 53.5 Å². The third kappa shape index (κ3) is 5.52. The van der Waals surface area contributed by atoms with Crippen molar-refractivity contribution in [3.63, 3.8) is 0 Å². The van der Waals surface area contributed by atoms with Crippen molar-refractivity contribution < 1.29 is 14.3 Å². The molecule has 8 heteroatoms. The number of thioether (sulfide) groups is 1. The molecule has 0 radical (unpaired) electrons. The molecule has 1 N–H and O–H groups in total. The molecule has 0 saturated carbocycles. The third-order valence-electron chi connectivity index (χ3n) is 4.49. The highest BCUT2D eigenvalue weighted by molar-refractivity contribution is 8.15. The largest absolute Gasteiger partial charge is 0.497 e. The summed E-state index contributed by atoms with van der Waals surface area (Å²) in [6, 6.07) is 14.8. The van der Waals surface area contributed by atoms with E-state index in [2.05, 4.69) is 10.3 Å². The molecule has 29 heavy (non-hydrogen) atoms. The highest BCUT2D eigenvalue weighted by Gasteiger charge is 2.35. The summed E-state index contributed by atoms with van der Waals surface area (Å²) in [6.07, 6.45) is 0.803. The summed E-state index contributed by atoms with van der Waals surface area (Å²) in [5.74, 6) is 0.485. The number of methoxy groups -OCH3 is 1. The van der Waals surface area contributed by atoms with Crippen molar-refractivity contribution in [1.82, 2.24) is 10.2 Å². The van der Waals surface area contributed by atoms with Gasteiger partial charge in [-0.2, -0.15) is 0 Å². The fourth-order valence-corrected chi connectivity index (χ4v) is 4.28. The maximum Gasteiger partial charge on any atom is 0.233 e. The van der Waals surface area contributed by atoms with Crippen LogP contribution >= 0.6 is 23.4 Å². The Labute approximate surface area is 179 Å². The van der Waals surface area contributed by atoms with Crippen molar-refractivity contribution in [2.24, 2.45) is 4.99 Å². The van der Waals surface area contributed by atoms with E-state index < -0.39 is 5.25 Å². The topological polar surface area (TPSA) is 71.0 Å². The lowest BCUT2D eigenvalue weighted by molar-refractivity contribution is -0.130. The second-order valence-electron chi connectivity index (χ2n) is 6.44. The van der Waals surface area contributed by atoms with Crippen LogP contribution in [0.3, 0.4) is 0 Å². The lowest BCUT2D eigenvalue weighted by Crippen LogP contribution is -2.46. The zero-order valence-electron chi connectivity index (χ0n) is 16.2. The number of carbonyl (C=O) groups is 2. The zero-order chi connectivity index (χ0) is 20.8. The van der Waals surface area contributed by atoms with Gasteiger partial charge in [-0.15, -0.1) is 0 Å². The minimum absolute atomic E-state index is 0.119. The van der Waals surface area contributed by atoms with Crippen molar-refractivity contribution in [2.75, 3.05) is 20.7 Å². The van der Waals surface area contributed by atoms with Crippen LogP contribution in [0.25, 0.3) is 0 Å². The lowest BCUT2D eigenvalue weighted by Gasteiger charge is -2.31. The number of carbonyl (C=O) groups excluding carboxylic acids is 2. The Hall–Kier alpha value is -2.51. The number of nitrogens with one attached hydrogen (secondary N) is 1. The molecule has 1 saturated heterocycles. The van der Waals surface area contributed by atoms with Gasteiger partial charge in [0.1, 0.15) is 5.75 Å². The fourth-order valence-electron chi connectivity index (χ4n) is 2.91. The molecule has 3 rings (SSSR count). The van der Waals surface area contributed by atoms with Gasteiger partial charge in [-0.1, -0.05) is 41.6 Å². The van der Waals surface area contributed by atoms with E-state index in [9.17, 15) is 9.59 Å². The Morgan fingerprint density at radius 2 is 2.07 bits per heavy atom. The molecule has 1 aliphatic rings. The van der Waals surface area contributed by atoms with Crippen LogP contribution in [-0.2, 0) is 16.0 Å². The van der Waals surface area contributed by atoms with Crippen LogP contribution < -0.4 is 10.1 Å². The number of amides is 2. The molecule has 2 amide bonds. The minimum Gasteiger partial charge on any atom is -0.497 e. The molecule has 152 valence electrons. The number of halogens is 1. The van der Waals surface area contributed by atoms with Crippen molar-refractivity contribution >= 4 is 46.0 Å². The van der Waals surface area contributed by atoms with Gasteiger partial charge in [-0.3, -0.25) is 14.5 Å². The third-order valence-corrected chi connectivity index (χ3v) is 5.92. The molecule has 0 spiro atoms. The van der Waals surface area contributed by atoms with E-state index in [0.717, 1.165) is 11.3 Å². The predicted molar refractivity (Wildman–Crippen MR) is 117 cm³/mol. The smallest absolute Gasteiger partial charge is 0.233 e. The molecule has 0 unspecified atom stereocenters. The van der Waals surface area contributed by atoms with Gasteiger partial charge in [0.25, 0.3) is 0 Å². The Kier molecular flexibility index (Phi) is 7.17. The number of ether oxygens (including phenoxy) is 1. The van der Waals surface area contributed by atoms with E-state index in [4.69, 9.17) is 16.3 Å². The molecule has 0 bridgehead atoms. The van der Waals surface area contributed by atoms with E-state index in [-0.39, 0.29) is 18.2 Å². The van der Waals surface area contributed by atoms with Crippen LogP contribution in [0.4, 0.5) is 5.69 Å². The summed E-state index contributed by atoms with van der Waals surface area (Å²) in [5, 5.41) is 3.18. The Morgan fingerprint density at radius 3 is 2.72 bits per heavy atom. The van der Waals surface area contributed by atoms with Crippen LogP contribution in [-0.4, -0.2) is 47.8 Å². The Balaban J connectivity index is 1.83. The van der Waals surface area contributed by atoms with Crippen molar-refractivity contribution in [1.29, 1.82) is 0 Å². The van der Waals surface area contributed by atoms with E-state index in [0.29, 0.717) is 28.8 Å². The molecule has 1 atom stereocenters. The van der Waals surface area contributed by atoms with E-state index in [1.165, 1.54) is 11.8 Å². The summed E-state index contributed by atoms with van der Waals surface area (Å²) in [5.41, 5.74) is 1.72. The van der Waals surface area contributed by atoms with Crippen LogP contribution in [0.2, 0.25) is 5.02 Å². The molecule has 6 nitrogen and oxygen atoms in total. The molecule has 2 aromatic carbocycles. The standard InChI is InChI=1S/C21H22ClN3O3S/c1-23-20(27)18-13-19(26)25(11-10-14-6-8-17(28-2)9-7-14)21(29-18)24-16-5-3-4-15(22)12-16/h3-9,12,18H,10-11,13H2,1-2H3,(H,23,27)/t18-/m1/s1. The summed E-state index contributed by atoms with van der Waals surface area (Å²) in [4.78, 5) is 31.2. The highest BCUT2D eigenvalue weighted by Crippen LogP contribution is 2.30. The zero-order valence-corrected chi connectivity index (χ0v) is 17.8. The quantitative estimate of drug-likeness (QED) is 0.757.